The minimum atomic E-state index is -0.638. The predicted octanol–water partition coefficient (Wildman–Crippen LogP) is 2.43. The molecule has 138 valence electrons. The lowest BCUT2D eigenvalue weighted by Gasteiger charge is -2.17. The zero-order valence-electron chi connectivity index (χ0n) is 14.6. The second kappa shape index (κ2) is 8.18. The molecule has 0 aromatic heterocycles. The van der Waals surface area contributed by atoms with Crippen molar-refractivity contribution >= 4 is 29.6 Å². The number of anilines is 1. The van der Waals surface area contributed by atoms with Gasteiger partial charge in [0, 0.05) is 5.56 Å². The van der Waals surface area contributed by atoms with Gasteiger partial charge in [-0.25, -0.2) is 9.59 Å². The van der Waals surface area contributed by atoms with Gasteiger partial charge in [-0.15, -0.1) is 0 Å². The van der Waals surface area contributed by atoms with Crippen LogP contribution in [0.15, 0.2) is 54.1 Å². The Morgan fingerprint density at radius 2 is 1.78 bits per heavy atom. The highest BCUT2D eigenvalue weighted by Crippen LogP contribution is 2.26. The molecule has 0 aliphatic carbocycles. The largest absolute Gasteiger partial charge is 0.488 e. The molecule has 2 aromatic rings. The lowest BCUT2D eigenvalue weighted by atomic mass is 10.1. The number of hydrogen-bond donors (Lipinski definition) is 1. The summed E-state index contributed by atoms with van der Waals surface area (Å²) in [7, 11) is 1.25. The molecule has 0 saturated carbocycles. The van der Waals surface area contributed by atoms with E-state index in [4.69, 9.17) is 9.47 Å². The molecule has 1 amide bonds. The van der Waals surface area contributed by atoms with E-state index in [1.54, 1.807) is 30.3 Å². The first-order valence-corrected chi connectivity index (χ1v) is 8.15. The smallest absolute Gasteiger partial charge is 0.339 e. The Morgan fingerprint density at radius 3 is 2.59 bits per heavy atom. The number of fused-ring (bicyclic) bond motifs is 1. The lowest BCUT2D eigenvalue weighted by Crippen LogP contribution is -2.24. The maximum atomic E-state index is 12.2. The van der Waals surface area contributed by atoms with Crippen LogP contribution in [0.1, 0.15) is 15.9 Å². The molecule has 0 atom stereocenters. The van der Waals surface area contributed by atoms with Crippen LogP contribution in [0.3, 0.4) is 0 Å². The number of methoxy groups -OCH3 is 1. The molecule has 0 bridgehead atoms. The molecule has 2 aromatic carbocycles. The van der Waals surface area contributed by atoms with E-state index in [1.807, 2.05) is 18.2 Å². The summed E-state index contributed by atoms with van der Waals surface area (Å²) >= 11 is 0. The summed E-state index contributed by atoms with van der Waals surface area (Å²) in [5.41, 5.74) is 1.57. The van der Waals surface area contributed by atoms with E-state index in [1.165, 1.54) is 13.2 Å². The van der Waals surface area contributed by atoms with Crippen LogP contribution >= 0.6 is 0 Å². The molecule has 0 spiro atoms. The first-order chi connectivity index (χ1) is 13.1. The van der Waals surface area contributed by atoms with E-state index in [-0.39, 0.29) is 17.9 Å². The van der Waals surface area contributed by atoms with Crippen molar-refractivity contribution in [2.75, 3.05) is 25.6 Å². The van der Waals surface area contributed by atoms with E-state index in [2.05, 4.69) is 10.1 Å². The van der Waals surface area contributed by atoms with E-state index in [9.17, 15) is 14.4 Å². The maximum absolute atomic E-state index is 12.2. The van der Waals surface area contributed by atoms with Crippen molar-refractivity contribution in [2.45, 2.75) is 0 Å². The van der Waals surface area contributed by atoms with Crippen LogP contribution in [0.25, 0.3) is 6.08 Å². The molecule has 0 unspecified atom stereocenters. The highest BCUT2D eigenvalue weighted by Gasteiger charge is 2.20. The molecule has 1 aliphatic heterocycles. The number of amides is 1. The minimum absolute atomic E-state index is 0.0721. The molecule has 0 radical (unpaired) electrons. The van der Waals surface area contributed by atoms with Crippen molar-refractivity contribution in [3.8, 4) is 5.75 Å². The molecular weight excluding hydrogens is 350 g/mol. The number of ether oxygens (including phenoxy) is 3. The number of nitrogens with one attached hydrogen (secondary N) is 1. The molecule has 27 heavy (non-hydrogen) atoms. The van der Waals surface area contributed by atoms with Gasteiger partial charge in [0.15, 0.2) is 6.61 Å². The Labute approximate surface area is 155 Å². The van der Waals surface area contributed by atoms with Crippen LogP contribution in [-0.4, -0.2) is 38.2 Å². The lowest BCUT2D eigenvalue weighted by molar-refractivity contribution is -0.143. The first kappa shape index (κ1) is 18.2. The quantitative estimate of drug-likeness (QED) is 0.816. The molecule has 1 N–H and O–H groups in total. The fourth-order valence-corrected chi connectivity index (χ4v) is 2.52. The van der Waals surface area contributed by atoms with E-state index in [0.29, 0.717) is 11.3 Å². The highest BCUT2D eigenvalue weighted by molar-refractivity contribution is 6.02. The average molecular weight is 367 g/mol. The van der Waals surface area contributed by atoms with Gasteiger partial charge in [-0.3, -0.25) is 4.79 Å². The minimum Gasteiger partial charge on any atom is -0.488 e. The van der Waals surface area contributed by atoms with Crippen LogP contribution in [0, 0.1) is 0 Å². The third-order valence-corrected chi connectivity index (χ3v) is 3.83. The summed E-state index contributed by atoms with van der Waals surface area (Å²) in [5, 5.41) is 2.53. The Balaban J connectivity index is 1.60. The number of carbonyl (C=O) groups excluding carboxylic acids is 3. The summed E-state index contributed by atoms with van der Waals surface area (Å²) in [4.78, 5) is 35.9. The van der Waals surface area contributed by atoms with E-state index < -0.39 is 24.5 Å². The van der Waals surface area contributed by atoms with Gasteiger partial charge in [-0.05, 0) is 24.3 Å². The number of esters is 2. The number of para-hydroxylation sites is 2. The van der Waals surface area contributed by atoms with Crippen LogP contribution in [0.2, 0.25) is 0 Å². The zero-order valence-corrected chi connectivity index (χ0v) is 14.6. The molecule has 1 heterocycles. The average Bonchev–Trinajstić information content (AvgIpc) is 2.71. The summed E-state index contributed by atoms with van der Waals surface area (Å²) in [6, 6.07) is 13.7. The van der Waals surface area contributed by atoms with E-state index >= 15 is 0 Å². The highest BCUT2D eigenvalue weighted by atomic mass is 16.5. The van der Waals surface area contributed by atoms with E-state index in [0.717, 1.165) is 5.56 Å². The van der Waals surface area contributed by atoms with Crippen molar-refractivity contribution in [1.82, 2.24) is 0 Å². The monoisotopic (exact) mass is 367 g/mol. The molecule has 1 aliphatic rings. The van der Waals surface area contributed by atoms with Crippen LogP contribution < -0.4 is 10.1 Å². The van der Waals surface area contributed by atoms with Gasteiger partial charge >= 0.3 is 11.9 Å². The Hall–Kier alpha value is -3.61. The summed E-state index contributed by atoms with van der Waals surface area (Å²) in [6.45, 7) is -0.421. The predicted molar refractivity (Wildman–Crippen MR) is 97.3 cm³/mol. The van der Waals surface area contributed by atoms with Crippen LogP contribution in [-0.2, 0) is 19.1 Å². The van der Waals surface area contributed by atoms with Crippen molar-refractivity contribution in [3.63, 3.8) is 0 Å². The Morgan fingerprint density at radius 1 is 1.04 bits per heavy atom. The van der Waals surface area contributed by atoms with Gasteiger partial charge in [0.2, 0.25) is 0 Å². The summed E-state index contributed by atoms with van der Waals surface area (Å²) in [6.07, 6.45) is 1.67. The van der Waals surface area contributed by atoms with Gasteiger partial charge in [-0.1, -0.05) is 30.3 Å². The second-order valence-electron chi connectivity index (χ2n) is 5.66. The summed E-state index contributed by atoms with van der Waals surface area (Å²) < 4.78 is 15.2. The molecule has 7 nitrogen and oxygen atoms in total. The first-order valence-electron chi connectivity index (χ1n) is 8.15. The molecule has 0 saturated heterocycles. The molecule has 3 rings (SSSR count). The van der Waals surface area contributed by atoms with Crippen molar-refractivity contribution in [1.29, 1.82) is 0 Å². The Kier molecular flexibility index (Phi) is 5.51. The fourth-order valence-electron chi connectivity index (χ4n) is 2.52. The fraction of sp³-hybridized carbons (Fsp3) is 0.150. The SMILES string of the molecule is COC(=O)c1ccccc1NC(=O)COC(=O)C1=Cc2ccccc2OC1. The number of rotatable bonds is 5. The van der Waals surface area contributed by atoms with Crippen molar-refractivity contribution in [3.05, 3.63) is 65.2 Å². The van der Waals surface area contributed by atoms with Gasteiger partial charge in [-0.2, -0.15) is 0 Å². The molecule has 0 fully saturated rings. The normalized spacial score (nSPS) is 12.1. The van der Waals surface area contributed by atoms with Crippen LogP contribution in [0.4, 0.5) is 5.69 Å². The standard InChI is InChI=1S/C20H17NO6/c1-25-20(24)15-7-3-4-8-16(15)21-18(22)12-27-19(23)14-10-13-6-2-5-9-17(13)26-11-14/h2-10H,11-12H2,1H3,(H,21,22). The molecule has 7 heteroatoms. The second-order valence-corrected chi connectivity index (χ2v) is 5.66. The Bertz CT molecular complexity index is 918. The zero-order chi connectivity index (χ0) is 19.2. The van der Waals surface area contributed by atoms with Gasteiger partial charge in [0.25, 0.3) is 5.91 Å². The number of carbonyl (C=O) groups is 3. The maximum Gasteiger partial charge on any atom is 0.339 e. The number of benzene rings is 2. The number of hydrogen-bond acceptors (Lipinski definition) is 6. The van der Waals surface area contributed by atoms with Gasteiger partial charge in [0.05, 0.1) is 23.9 Å². The third-order valence-electron chi connectivity index (χ3n) is 3.83. The van der Waals surface area contributed by atoms with Crippen molar-refractivity contribution < 1.29 is 28.6 Å². The van der Waals surface area contributed by atoms with Gasteiger partial charge in [0.1, 0.15) is 12.4 Å². The van der Waals surface area contributed by atoms with Crippen molar-refractivity contribution in [2.24, 2.45) is 0 Å². The molecular formula is C20H17NO6. The summed E-state index contributed by atoms with van der Waals surface area (Å²) in [5.74, 6) is -1.10. The third kappa shape index (κ3) is 4.33. The topological polar surface area (TPSA) is 90.9 Å². The van der Waals surface area contributed by atoms with Gasteiger partial charge < -0.3 is 19.5 Å². The van der Waals surface area contributed by atoms with Crippen LogP contribution in [0.5, 0.6) is 5.75 Å².